The van der Waals surface area contributed by atoms with Crippen molar-refractivity contribution in [2.45, 2.75) is 32.3 Å². The summed E-state index contributed by atoms with van der Waals surface area (Å²) in [7, 11) is -3.38. The lowest BCUT2D eigenvalue weighted by molar-refractivity contribution is 0.0418. The number of fused-ring (bicyclic) bond motifs is 1. The maximum absolute atomic E-state index is 11.5. The number of hydrogen-bond donors (Lipinski definition) is 1. The number of unbranched alkanes of at least 4 members (excludes halogenated alkanes) is 1. The average Bonchev–Trinajstić information content (AvgIpc) is 2.41. The molecule has 0 fully saturated rings. The Balaban J connectivity index is 1.87. The summed E-state index contributed by atoms with van der Waals surface area (Å²) >= 11 is 0. The molecule has 0 saturated heterocycles. The number of nitrogens with one attached hydrogen (secondary N) is 1. The van der Waals surface area contributed by atoms with E-state index in [1.807, 2.05) is 19.9 Å². The van der Waals surface area contributed by atoms with E-state index in [-0.39, 0.29) is 6.61 Å². The number of amides is 1. The standard InChI is InChI=1S/C15H21NO6S/c1-15(2)12-10-11(6-7-13(12)16-14(17)22-15)20-8-4-5-9-21-23(3,18)19/h6-7,10H,4-5,8-9H2,1-3H3,(H,16,17). The Hall–Kier alpha value is -1.80. The summed E-state index contributed by atoms with van der Waals surface area (Å²) in [6.07, 6.45) is 1.81. The van der Waals surface area contributed by atoms with Crippen LogP contribution in [0.1, 0.15) is 32.3 Å². The van der Waals surface area contributed by atoms with Gasteiger partial charge in [-0.2, -0.15) is 8.42 Å². The van der Waals surface area contributed by atoms with Crippen molar-refractivity contribution in [3.05, 3.63) is 23.8 Å². The minimum absolute atomic E-state index is 0.152. The Morgan fingerprint density at radius 1 is 1.22 bits per heavy atom. The summed E-state index contributed by atoms with van der Waals surface area (Å²) in [5, 5.41) is 2.65. The second-order valence-electron chi connectivity index (χ2n) is 5.81. The van der Waals surface area contributed by atoms with Gasteiger partial charge in [0.2, 0.25) is 0 Å². The summed E-state index contributed by atoms with van der Waals surface area (Å²) in [5.74, 6) is 0.667. The van der Waals surface area contributed by atoms with Crippen LogP contribution in [0.25, 0.3) is 0 Å². The third-order valence-electron chi connectivity index (χ3n) is 3.33. The summed E-state index contributed by atoms with van der Waals surface area (Å²) < 4.78 is 37.2. The molecule has 1 aromatic rings. The molecule has 0 radical (unpaired) electrons. The molecule has 0 atom stereocenters. The fourth-order valence-electron chi connectivity index (χ4n) is 2.25. The van der Waals surface area contributed by atoms with E-state index in [0.717, 1.165) is 11.8 Å². The SMILES string of the molecule is CC1(C)OC(=O)Nc2ccc(OCCCCOS(C)(=O)=O)cc21. The van der Waals surface area contributed by atoms with Crippen LogP contribution in [-0.4, -0.2) is 34.0 Å². The zero-order valence-electron chi connectivity index (χ0n) is 13.4. The van der Waals surface area contributed by atoms with Crippen LogP contribution in [0, 0.1) is 0 Å². The molecule has 0 aliphatic carbocycles. The van der Waals surface area contributed by atoms with Crippen LogP contribution in [0.4, 0.5) is 10.5 Å². The highest BCUT2D eigenvalue weighted by Gasteiger charge is 2.33. The van der Waals surface area contributed by atoms with Gasteiger partial charge in [-0.05, 0) is 44.9 Å². The molecule has 1 aromatic carbocycles. The van der Waals surface area contributed by atoms with Gasteiger partial charge >= 0.3 is 6.09 Å². The van der Waals surface area contributed by atoms with Crippen LogP contribution < -0.4 is 10.1 Å². The van der Waals surface area contributed by atoms with Gasteiger partial charge in [-0.25, -0.2) is 4.79 Å². The lowest BCUT2D eigenvalue weighted by Crippen LogP contribution is -2.34. The number of carbonyl (C=O) groups is 1. The van der Waals surface area contributed by atoms with Crippen LogP contribution in [-0.2, 0) is 24.6 Å². The van der Waals surface area contributed by atoms with E-state index in [1.165, 1.54) is 0 Å². The van der Waals surface area contributed by atoms with Gasteiger partial charge in [-0.3, -0.25) is 9.50 Å². The van der Waals surface area contributed by atoms with Gasteiger partial charge in [0.25, 0.3) is 10.1 Å². The van der Waals surface area contributed by atoms with Gasteiger partial charge in [0.05, 0.1) is 25.2 Å². The normalized spacial score (nSPS) is 16.2. The molecular formula is C15H21NO6S. The fourth-order valence-corrected chi connectivity index (χ4v) is 2.67. The van der Waals surface area contributed by atoms with Crippen molar-refractivity contribution in [3.63, 3.8) is 0 Å². The highest BCUT2D eigenvalue weighted by molar-refractivity contribution is 7.85. The topological polar surface area (TPSA) is 90.9 Å². The minimum atomic E-state index is -3.38. The van der Waals surface area contributed by atoms with E-state index in [4.69, 9.17) is 9.47 Å². The van der Waals surface area contributed by atoms with E-state index in [9.17, 15) is 13.2 Å². The molecule has 1 aliphatic heterocycles. The molecule has 1 heterocycles. The zero-order chi connectivity index (χ0) is 17.1. The predicted octanol–water partition coefficient (Wildman–Crippen LogP) is 2.62. The number of ether oxygens (including phenoxy) is 2. The van der Waals surface area contributed by atoms with Crippen LogP contribution in [0.5, 0.6) is 5.75 Å². The molecule has 23 heavy (non-hydrogen) atoms. The highest BCUT2D eigenvalue weighted by atomic mass is 32.2. The van der Waals surface area contributed by atoms with Gasteiger partial charge in [0, 0.05) is 5.56 Å². The molecule has 0 bridgehead atoms. The maximum atomic E-state index is 11.5. The van der Waals surface area contributed by atoms with E-state index in [0.29, 0.717) is 30.9 Å². The predicted molar refractivity (Wildman–Crippen MR) is 85.1 cm³/mol. The second kappa shape index (κ2) is 6.76. The van der Waals surface area contributed by atoms with Gasteiger partial charge in [0.1, 0.15) is 11.4 Å². The summed E-state index contributed by atoms with van der Waals surface area (Å²) in [4.78, 5) is 11.5. The molecule has 0 aromatic heterocycles. The molecule has 128 valence electrons. The van der Waals surface area contributed by atoms with Gasteiger partial charge < -0.3 is 9.47 Å². The van der Waals surface area contributed by atoms with Crippen molar-refractivity contribution in [3.8, 4) is 5.75 Å². The van der Waals surface area contributed by atoms with Crippen LogP contribution in [0.2, 0.25) is 0 Å². The van der Waals surface area contributed by atoms with Gasteiger partial charge in [-0.1, -0.05) is 0 Å². The van der Waals surface area contributed by atoms with Gasteiger partial charge in [-0.15, -0.1) is 0 Å². The van der Waals surface area contributed by atoms with E-state index in [1.54, 1.807) is 12.1 Å². The number of hydrogen-bond acceptors (Lipinski definition) is 6. The average molecular weight is 343 g/mol. The first-order chi connectivity index (χ1) is 10.7. The maximum Gasteiger partial charge on any atom is 0.412 e. The summed E-state index contributed by atoms with van der Waals surface area (Å²) in [6.45, 7) is 4.23. The summed E-state index contributed by atoms with van der Waals surface area (Å²) in [6, 6.07) is 5.38. The molecule has 0 spiro atoms. The first-order valence-corrected chi connectivity index (χ1v) is 9.11. The monoisotopic (exact) mass is 343 g/mol. The highest BCUT2D eigenvalue weighted by Crippen LogP contribution is 2.37. The molecule has 1 N–H and O–H groups in total. The third kappa shape index (κ3) is 5.11. The molecule has 0 saturated carbocycles. The smallest absolute Gasteiger partial charge is 0.412 e. The van der Waals surface area contributed by atoms with E-state index < -0.39 is 21.8 Å². The number of anilines is 1. The first kappa shape index (κ1) is 17.6. The largest absolute Gasteiger partial charge is 0.494 e. The summed E-state index contributed by atoms with van der Waals surface area (Å²) in [5.41, 5.74) is 0.829. The lowest BCUT2D eigenvalue weighted by atomic mass is 9.94. The minimum Gasteiger partial charge on any atom is -0.494 e. The number of carbonyl (C=O) groups excluding carboxylic acids is 1. The van der Waals surface area contributed by atoms with Crippen molar-refractivity contribution < 1.29 is 26.9 Å². The number of benzene rings is 1. The van der Waals surface area contributed by atoms with Crippen molar-refractivity contribution in [2.24, 2.45) is 0 Å². The Kier molecular flexibility index (Phi) is 5.16. The molecular weight excluding hydrogens is 322 g/mol. The molecule has 2 rings (SSSR count). The van der Waals surface area contributed by atoms with Crippen molar-refractivity contribution in [1.82, 2.24) is 0 Å². The van der Waals surface area contributed by atoms with Crippen molar-refractivity contribution >= 4 is 21.9 Å². The quantitative estimate of drug-likeness (QED) is 0.604. The van der Waals surface area contributed by atoms with E-state index >= 15 is 0 Å². The van der Waals surface area contributed by atoms with Crippen LogP contribution in [0.15, 0.2) is 18.2 Å². The Bertz CT molecular complexity index is 683. The molecule has 0 unspecified atom stereocenters. The Labute approximate surface area is 136 Å². The molecule has 1 aliphatic rings. The van der Waals surface area contributed by atoms with Crippen LogP contribution >= 0.6 is 0 Å². The number of cyclic esters (lactones) is 1. The molecule has 8 heteroatoms. The zero-order valence-corrected chi connectivity index (χ0v) is 14.2. The van der Waals surface area contributed by atoms with E-state index in [2.05, 4.69) is 9.50 Å². The molecule has 7 nitrogen and oxygen atoms in total. The van der Waals surface area contributed by atoms with Gasteiger partial charge in [0.15, 0.2) is 0 Å². The van der Waals surface area contributed by atoms with Crippen molar-refractivity contribution in [1.29, 1.82) is 0 Å². The Morgan fingerprint density at radius 3 is 2.61 bits per heavy atom. The number of rotatable bonds is 7. The Morgan fingerprint density at radius 2 is 1.91 bits per heavy atom. The first-order valence-electron chi connectivity index (χ1n) is 7.29. The third-order valence-corrected chi connectivity index (χ3v) is 3.92. The fraction of sp³-hybridized carbons (Fsp3) is 0.533. The molecule has 1 amide bonds. The van der Waals surface area contributed by atoms with Crippen LogP contribution in [0.3, 0.4) is 0 Å². The second-order valence-corrected chi connectivity index (χ2v) is 7.46. The van der Waals surface area contributed by atoms with Crippen molar-refractivity contribution in [2.75, 3.05) is 24.8 Å². The lowest BCUT2D eigenvalue weighted by Gasteiger charge is -2.32.